The third-order valence-electron chi connectivity index (χ3n) is 1.53. The maximum atomic E-state index is 2.20. The summed E-state index contributed by atoms with van der Waals surface area (Å²) in [5, 5.41) is 0. The van der Waals surface area contributed by atoms with Crippen molar-refractivity contribution < 1.29 is 0 Å². The average molecular weight is 103 g/mol. The molecule has 0 fully saturated rings. The van der Waals surface area contributed by atoms with Gasteiger partial charge in [0.2, 0.25) is 0 Å². The molecule has 0 heterocycles. The van der Waals surface area contributed by atoms with Gasteiger partial charge in [0, 0.05) is 11.8 Å². The van der Waals surface area contributed by atoms with E-state index >= 15 is 0 Å². The molecule has 0 amide bonds. The molecule has 0 atom stereocenters. The van der Waals surface area contributed by atoms with E-state index in [-0.39, 0.29) is 0 Å². The highest BCUT2D eigenvalue weighted by molar-refractivity contribution is 5.43. The molecule has 1 radical (unpaired) electrons. The first-order valence-electron chi connectivity index (χ1n) is 2.87. The van der Waals surface area contributed by atoms with E-state index in [0.717, 1.165) is 0 Å². The Morgan fingerprint density at radius 3 is 1.50 bits per heavy atom. The number of hydrogen-bond donors (Lipinski definition) is 0. The van der Waals surface area contributed by atoms with E-state index in [0.29, 0.717) is 5.92 Å². The first-order chi connectivity index (χ1) is 3.95. The summed E-state index contributed by atoms with van der Waals surface area (Å²) in [7, 11) is 0. The van der Waals surface area contributed by atoms with Crippen LogP contribution in [0.25, 0.3) is 0 Å². The normalized spacial score (nSPS) is 25.5. The standard InChI is InChI=1S/C8H7/c1-2-8-5-3-7(1)4-6-8/h1-7H. The van der Waals surface area contributed by atoms with Gasteiger partial charge in [0.15, 0.2) is 0 Å². The third-order valence-corrected chi connectivity index (χ3v) is 1.53. The van der Waals surface area contributed by atoms with E-state index in [1.807, 2.05) is 0 Å². The van der Waals surface area contributed by atoms with Crippen molar-refractivity contribution >= 4 is 0 Å². The molecule has 0 saturated carbocycles. The maximum absolute atomic E-state index is 2.20. The quantitative estimate of drug-likeness (QED) is 0.439. The van der Waals surface area contributed by atoms with Crippen molar-refractivity contribution in [2.75, 3.05) is 0 Å². The van der Waals surface area contributed by atoms with E-state index in [2.05, 4.69) is 36.5 Å². The van der Waals surface area contributed by atoms with Gasteiger partial charge >= 0.3 is 0 Å². The SMILES string of the molecule is C1=CC2C=C[C]1C=C2. The van der Waals surface area contributed by atoms with Gasteiger partial charge in [-0.25, -0.2) is 0 Å². The molecule has 3 aliphatic carbocycles. The topological polar surface area (TPSA) is 0 Å². The van der Waals surface area contributed by atoms with E-state index < -0.39 is 0 Å². The predicted molar refractivity (Wildman–Crippen MR) is 34.2 cm³/mol. The summed E-state index contributed by atoms with van der Waals surface area (Å²) < 4.78 is 0. The molecule has 0 N–H and O–H groups in total. The molecule has 0 saturated heterocycles. The van der Waals surface area contributed by atoms with Gasteiger partial charge in [0.05, 0.1) is 0 Å². The minimum Gasteiger partial charge on any atom is -0.0766 e. The van der Waals surface area contributed by atoms with Crippen LogP contribution in [-0.4, -0.2) is 0 Å². The lowest BCUT2D eigenvalue weighted by molar-refractivity contribution is 0.999. The lowest BCUT2D eigenvalue weighted by Gasteiger charge is -2.15. The van der Waals surface area contributed by atoms with Crippen LogP contribution in [0.1, 0.15) is 0 Å². The van der Waals surface area contributed by atoms with Crippen LogP contribution in [0.2, 0.25) is 0 Å². The lowest BCUT2D eigenvalue weighted by atomic mass is 9.89. The molecular weight excluding hydrogens is 96.1 g/mol. The second-order valence-electron chi connectivity index (χ2n) is 2.15. The maximum Gasteiger partial charge on any atom is 0.0404 e. The predicted octanol–water partition coefficient (Wildman–Crippen LogP) is 1.87. The molecule has 3 aliphatic rings. The minimum absolute atomic E-state index is 0.590. The van der Waals surface area contributed by atoms with Gasteiger partial charge in [-0.3, -0.25) is 0 Å². The lowest BCUT2D eigenvalue weighted by Crippen LogP contribution is -2.01. The second-order valence-corrected chi connectivity index (χ2v) is 2.15. The summed E-state index contributed by atoms with van der Waals surface area (Å²) in [5.74, 6) is 1.92. The fraction of sp³-hybridized carbons (Fsp3) is 0.125. The van der Waals surface area contributed by atoms with Crippen LogP contribution in [0.15, 0.2) is 36.5 Å². The molecular formula is C8H7. The summed E-state index contributed by atoms with van der Waals surface area (Å²) in [6.45, 7) is 0. The number of allylic oxidation sites excluding steroid dienone is 6. The van der Waals surface area contributed by atoms with E-state index in [9.17, 15) is 0 Å². The molecule has 39 valence electrons. The zero-order valence-corrected chi connectivity index (χ0v) is 4.54. The molecule has 0 heteroatoms. The van der Waals surface area contributed by atoms with Crippen LogP contribution in [0, 0.1) is 11.8 Å². The Morgan fingerprint density at radius 2 is 1.38 bits per heavy atom. The third kappa shape index (κ3) is 0.460. The van der Waals surface area contributed by atoms with E-state index in [1.165, 1.54) is 5.92 Å². The molecule has 0 unspecified atom stereocenters. The van der Waals surface area contributed by atoms with E-state index in [1.54, 1.807) is 0 Å². The van der Waals surface area contributed by atoms with Gasteiger partial charge in [0.25, 0.3) is 0 Å². The monoisotopic (exact) mass is 103 g/mol. The molecule has 0 spiro atoms. The van der Waals surface area contributed by atoms with Crippen molar-refractivity contribution in [3.05, 3.63) is 42.4 Å². The second kappa shape index (κ2) is 1.35. The highest BCUT2D eigenvalue weighted by Gasteiger charge is 2.09. The van der Waals surface area contributed by atoms with Crippen molar-refractivity contribution in [3.63, 3.8) is 0 Å². The fourth-order valence-corrected chi connectivity index (χ4v) is 1.03. The molecule has 3 rings (SSSR count). The molecule has 8 heavy (non-hydrogen) atoms. The van der Waals surface area contributed by atoms with Crippen LogP contribution in [-0.2, 0) is 0 Å². The van der Waals surface area contributed by atoms with Crippen molar-refractivity contribution in [2.45, 2.75) is 0 Å². The van der Waals surface area contributed by atoms with Crippen LogP contribution >= 0.6 is 0 Å². The largest absolute Gasteiger partial charge is 0.0766 e. The van der Waals surface area contributed by atoms with Gasteiger partial charge in [-0.1, -0.05) is 36.5 Å². The zero-order valence-electron chi connectivity index (χ0n) is 4.54. The molecule has 0 nitrogen and oxygen atoms in total. The van der Waals surface area contributed by atoms with E-state index in [4.69, 9.17) is 0 Å². The van der Waals surface area contributed by atoms with Gasteiger partial charge in [0.1, 0.15) is 0 Å². The van der Waals surface area contributed by atoms with Gasteiger partial charge < -0.3 is 0 Å². The molecule has 0 aromatic rings. The highest BCUT2D eigenvalue weighted by Crippen LogP contribution is 2.24. The Labute approximate surface area is 49.2 Å². The van der Waals surface area contributed by atoms with Crippen LogP contribution < -0.4 is 0 Å². The van der Waals surface area contributed by atoms with Gasteiger partial charge in [-0.05, 0) is 0 Å². The summed E-state index contributed by atoms with van der Waals surface area (Å²) in [5.41, 5.74) is 0. The number of hydrogen-bond acceptors (Lipinski definition) is 0. The molecule has 0 aromatic carbocycles. The molecule has 0 aromatic heterocycles. The Balaban J connectivity index is 2.39. The number of rotatable bonds is 0. The van der Waals surface area contributed by atoms with Gasteiger partial charge in [-0.15, -0.1) is 0 Å². The van der Waals surface area contributed by atoms with Crippen molar-refractivity contribution in [1.82, 2.24) is 0 Å². The Hall–Kier alpha value is -0.780. The summed E-state index contributed by atoms with van der Waals surface area (Å²) in [6, 6.07) is 0. The Bertz CT molecular complexity index is 121. The van der Waals surface area contributed by atoms with Crippen LogP contribution in [0.5, 0.6) is 0 Å². The minimum atomic E-state index is 0.590. The summed E-state index contributed by atoms with van der Waals surface area (Å²) in [4.78, 5) is 0. The summed E-state index contributed by atoms with van der Waals surface area (Å²) in [6.07, 6.45) is 13.1. The first kappa shape index (κ1) is 4.13. The van der Waals surface area contributed by atoms with Crippen LogP contribution in [0.4, 0.5) is 0 Å². The van der Waals surface area contributed by atoms with Crippen molar-refractivity contribution in [2.24, 2.45) is 5.92 Å². The van der Waals surface area contributed by atoms with Crippen molar-refractivity contribution in [3.8, 4) is 0 Å². The molecule has 2 bridgehead atoms. The van der Waals surface area contributed by atoms with Crippen LogP contribution in [0.3, 0.4) is 0 Å². The smallest absolute Gasteiger partial charge is 0.0404 e. The fourth-order valence-electron chi connectivity index (χ4n) is 1.03. The van der Waals surface area contributed by atoms with Gasteiger partial charge in [-0.2, -0.15) is 0 Å². The highest BCUT2D eigenvalue weighted by atomic mass is 14.1. The Morgan fingerprint density at radius 1 is 0.875 bits per heavy atom. The van der Waals surface area contributed by atoms with Crippen molar-refractivity contribution in [1.29, 1.82) is 0 Å². The molecule has 0 aliphatic heterocycles. The first-order valence-corrected chi connectivity index (χ1v) is 2.87. The summed E-state index contributed by atoms with van der Waals surface area (Å²) >= 11 is 0. The Kier molecular flexibility index (Phi) is 0.696. The zero-order chi connectivity index (χ0) is 5.40. The average Bonchev–Trinajstić information content (AvgIpc) is 1.92.